The molecule has 3 aromatic rings. The minimum absolute atomic E-state index is 0.191. The van der Waals surface area contributed by atoms with Crippen molar-refractivity contribution in [2.45, 2.75) is 18.9 Å². The number of hydrogen-bond acceptors (Lipinski definition) is 3. The van der Waals surface area contributed by atoms with Crippen LogP contribution in [0.3, 0.4) is 0 Å². The maximum absolute atomic E-state index is 13.0. The molecule has 2 amide bonds. The highest BCUT2D eigenvalue weighted by Crippen LogP contribution is 2.37. The van der Waals surface area contributed by atoms with Crippen molar-refractivity contribution in [2.75, 3.05) is 17.3 Å². The van der Waals surface area contributed by atoms with Gasteiger partial charge in [-0.05, 0) is 71.4 Å². The van der Waals surface area contributed by atoms with Crippen LogP contribution in [0.2, 0.25) is 0 Å². The molecule has 0 spiro atoms. The molecule has 0 saturated heterocycles. The van der Waals surface area contributed by atoms with Gasteiger partial charge < -0.3 is 10.6 Å². The van der Waals surface area contributed by atoms with Crippen LogP contribution < -0.4 is 10.6 Å². The second-order valence-electron chi connectivity index (χ2n) is 7.37. The minimum atomic E-state index is -0.587. The van der Waals surface area contributed by atoms with Gasteiger partial charge in [0.15, 0.2) is 0 Å². The summed E-state index contributed by atoms with van der Waals surface area (Å²) in [5.41, 5.74) is 6.31. The fourth-order valence-corrected chi connectivity index (χ4v) is 4.26. The molecule has 0 saturated carbocycles. The summed E-state index contributed by atoms with van der Waals surface area (Å²) in [5, 5.41) is 5.89. The fourth-order valence-electron chi connectivity index (χ4n) is 3.79. The van der Waals surface area contributed by atoms with Gasteiger partial charge in [-0.15, -0.1) is 0 Å². The molecule has 0 radical (unpaired) electrons. The Hall–Kier alpha value is -3.05. The summed E-state index contributed by atoms with van der Waals surface area (Å²) in [7, 11) is 0. The second-order valence-corrected chi connectivity index (χ2v) is 8.35. The molecule has 4 rings (SSSR count). The van der Waals surface area contributed by atoms with Gasteiger partial charge >= 0.3 is 0 Å². The van der Waals surface area contributed by atoms with E-state index in [2.05, 4.69) is 41.0 Å². The second kappa shape index (κ2) is 9.18. The lowest BCUT2D eigenvalue weighted by molar-refractivity contribution is -0.118. The van der Waals surface area contributed by atoms with E-state index >= 15 is 0 Å². The molecule has 0 aromatic heterocycles. The number of anilines is 1. The lowest BCUT2D eigenvalue weighted by Gasteiger charge is -2.18. The van der Waals surface area contributed by atoms with Crippen LogP contribution in [0.4, 0.5) is 5.69 Å². The maximum atomic E-state index is 13.0. The van der Waals surface area contributed by atoms with E-state index in [1.807, 2.05) is 36.6 Å². The number of rotatable bonds is 7. The van der Waals surface area contributed by atoms with E-state index in [0.717, 1.165) is 17.9 Å². The van der Waals surface area contributed by atoms with E-state index in [1.165, 1.54) is 22.3 Å². The minimum Gasteiger partial charge on any atom is -0.340 e. The van der Waals surface area contributed by atoms with Gasteiger partial charge in [-0.2, -0.15) is 11.8 Å². The van der Waals surface area contributed by atoms with Crippen molar-refractivity contribution < 1.29 is 9.59 Å². The Morgan fingerprint density at radius 1 is 0.933 bits per heavy atom. The lowest BCUT2D eigenvalue weighted by atomic mass is 10.1. The summed E-state index contributed by atoms with van der Waals surface area (Å²) < 4.78 is 0. The number of thioether (sulfide) groups is 1. The summed E-state index contributed by atoms with van der Waals surface area (Å²) in [6.45, 7) is 0. The first-order valence-corrected chi connectivity index (χ1v) is 11.4. The van der Waals surface area contributed by atoms with Gasteiger partial charge in [0, 0.05) is 11.3 Å². The number of hydrogen-bond donors (Lipinski definition) is 2. The van der Waals surface area contributed by atoms with E-state index in [1.54, 1.807) is 23.9 Å². The van der Waals surface area contributed by atoms with Crippen molar-refractivity contribution in [2.24, 2.45) is 0 Å². The number of carbonyl (C=O) groups excluding carboxylic acids is 2. The van der Waals surface area contributed by atoms with Crippen molar-refractivity contribution in [3.63, 3.8) is 0 Å². The fraction of sp³-hybridized carbons (Fsp3) is 0.200. The summed E-state index contributed by atoms with van der Waals surface area (Å²) in [4.78, 5) is 25.5. The zero-order chi connectivity index (χ0) is 20.9. The first-order chi connectivity index (χ1) is 14.7. The first kappa shape index (κ1) is 20.2. The zero-order valence-corrected chi connectivity index (χ0v) is 17.7. The standard InChI is InChI=1S/C25H24N2O2S/c1-30-14-13-23(27-24(28)17-7-3-2-4-8-17)25(29)26-20-11-12-22-19(16-20)15-18-9-5-6-10-21(18)22/h2-12,16,23H,13-15H2,1H3,(H,26,29)(H,27,28). The molecule has 0 aliphatic heterocycles. The lowest BCUT2D eigenvalue weighted by Crippen LogP contribution is -2.44. The first-order valence-electron chi connectivity index (χ1n) is 10.0. The SMILES string of the molecule is CSCCC(NC(=O)c1ccccc1)C(=O)Nc1ccc2c(c1)Cc1ccccc1-2. The van der Waals surface area contributed by atoms with Crippen molar-refractivity contribution in [3.05, 3.63) is 89.5 Å². The van der Waals surface area contributed by atoms with Gasteiger partial charge in [0.05, 0.1) is 0 Å². The van der Waals surface area contributed by atoms with Crippen LogP contribution in [-0.4, -0.2) is 29.9 Å². The Labute approximate surface area is 181 Å². The Kier molecular flexibility index (Phi) is 6.19. The monoisotopic (exact) mass is 416 g/mol. The molecule has 30 heavy (non-hydrogen) atoms. The number of fused-ring (bicyclic) bond motifs is 3. The number of nitrogens with one attached hydrogen (secondary N) is 2. The van der Waals surface area contributed by atoms with Gasteiger partial charge in [0.2, 0.25) is 5.91 Å². The summed E-state index contributed by atoms with van der Waals surface area (Å²) >= 11 is 1.65. The van der Waals surface area contributed by atoms with Crippen LogP contribution in [0.25, 0.3) is 11.1 Å². The van der Waals surface area contributed by atoms with Crippen molar-refractivity contribution in [1.82, 2.24) is 5.32 Å². The van der Waals surface area contributed by atoms with E-state index in [-0.39, 0.29) is 11.8 Å². The van der Waals surface area contributed by atoms with E-state index in [9.17, 15) is 9.59 Å². The van der Waals surface area contributed by atoms with Gasteiger partial charge in [0.25, 0.3) is 5.91 Å². The van der Waals surface area contributed by atoms with Crippen molar-refractivity contribution in [1.29, 1.82) is 0 Å². The predicted molar refractivity (Wildman–Crippen MR) is 124 cm³/mol. The molecule has 2 N–H and O–H groups in total. The van der Waals surface area contributed by atoms with Crippen molar-refractivity contribution >= 4 is 29.3 Å². The smallest absolute Gasteiger partial charge is 0.251 e. The Bertz CT molecular complexity index is 1070. The summed E-state index contributed by atoms with van der Waals surface area (Å²) in [6.07, 6.45) is 3.43. The molecular weight excluding hydrogens is 392 g/mol. The van der Waals surface area contributed by atoms with Gasteiger partial charge in [-0.1, -0.05) is 48.5 Å². The quantitative estimate of drug-likeness (QED) is 0.457. The molecule has 1 aliphatic carbocycles. The molecular formula is C25H24N2O2S. The number of amides is 2. The highest BCUT2D eigenvalue weighted by atomic mass is 32.2. The number of carbonyl (C=O) groups is 2. The molecule has 0 fully saturated rings. The Morgan fingerprint density at radius 2 is 1.67 bits per heavy atom. The Balaban J connectivity index is 1.47. The molecule has 1 aliphatic rings. The van der Waals surface area contributed by atoms with Gasteiger partial charge in [-0.3, -0.25) is 9.59 Å². The predicted octanol–water partition coefficient (Wildman–Crippen LogP) is 4.75. The van der Waals surface area contributed by atoms with Crippen LogP contribution in [0.15, 0.2) is 72.8 Å². The molecule has 5 heteroatoms. The highest BCUT2D eigenvalue weighted by molar-refractivity contribution is 7.98. The molecule has 4 nitrogen and oxygen atoms in total. The normalized spacial score (nSPS) is 12.6. The molecule has 0 heterocycles. The third kappa shape index (κ3) is 4.41. The average molecular weight is 417 g/mol. The summed E-state index contributed by atoms with van der Waals surface area (Å²) in [6, 6.07) is 22.8. The molecule has 1 atom stereocenters. The maximum Gasteiger partial charge on any atom is 0.251 e. The van der Waals surface area contributed by atoms with Crippen LogP contribution in [0.1, 0.15) is 27.9 Å². The van der Waals surface area contributed by atoms with Gasteiger partial charge in [0.1, 0.15) is 6.04 Å². The summed E-state index contributed by atoms with van der Waals surface area (Å²) in [5.74, 6) is 0.358. The van der Waals surface area contributed by atoms with Gasteiger partial charge in [-0.25, -0.2) is 0 Å². The molecule has 152 valence electrons. The van der Waals surface area contributed by atoms with E-state index in [0.29, 0.717) is 12.0 Å². The average Bonchev–Trinajstić information content (AvgIpc) is 3.14. The van der Waals surface area contributed by atoms with Crippen LogP contribution in [-0.2, 0) is 11.2 Å². The van der Waals surface area contributed by atoms with Crippen LogP contribution in [0.5, 0.6) is 0 Å². The molecule has 0 bridgehead atoms. The highest BCUT2D eigenvalue weighted by Gasteiger charge is 2.23. The zero-order valence-electron chi connectivity index (χ0n) is 16.9. The third-order valence-corrected chi connectivity index (χ3v) is 5.97. The van der Waals surface area contributed by atoms with Crippen LogP contribution >= 0.6 is 11.8 Å². The third-order valence-electron chi connectivity index (χ3n) is 5.33. The van der Waals surface area contributed by atoms with E-state index < -0.39 is 6.04 Å². The molecule has 1 unspecified atom stereocenters. The number of benzene rings is 3. The van der Waals surface area contributed by atoms with E-state index in [4.69, 9.17) is 0 Å². The Morgan fingerprint density at radius 3 is 2.47 bits per heavy atom. The topological polar surface area (TPSA) is 58.2 Å². The van der Waals surface area contributed by atoms with Crippen LogP contribution in [0, 0.1) is 0 Å². The largest absolute Gasteiger partial charge is 0.340 e. The van der Waals surface area contributed by atoms with Crippen molar-refractivity contribution in [3.8, 4) is 11.1 Å². The molecule has 3 aromatic carbocycles.